The molecule has 0 fully saturated rings. The minimum atomic E-state index is -0.301. The molecular formula is C14H12Cl2N4O. The van der Waals surface area contributed by atoms with Crippen LogP contribution in [0.4, 0.5) is 11.5 Å². The smallest absolute Gasteiger partial charge is 0.270 e. The molecule has 5 nitrogen and oxygen atoms in total. The van der Waals surface area contributed by atoms with E-state index in [4.69, 9.17) is 23.2 Å². The van der Waals surface area contributed by atoms with E-state index in [0.29, 0.717) is 28.1 Å². The molecule has 2 rings (SSSR count). The van der Waals surface area contributed by atoms with E-state index >= 15 is 0 Å². The van der Waals surface area contributed by atoms with Crippen molar-refractivity contribution in [2.75, 3.05) is 11.9 Å². The first-order chi connectivity index (χ1) is 10.1. The molecule has 0 unspecified atom stereocenters. The van der Waals surface area contributed by atoms with Crippen LogP contribution >= 0.6 is 23.2 Å². The maximum absolute atomic E-state index is 11.8. The van der Waals surface area contributed by atoms with Gasteiger partial charge in [-0.15, -0.1) is 6.58 Å². The highest BCUT2D eigenvalue weighted by molar-refractivity contribution is 6.35. The lowest BCUT2D eigenvalue weighted by molar-refractivity contribution is 0.0953. The Morgan fingerprint density at radius 1 is 1.19 bits per heavy atom. The van der Waals surface area contributed by atoms with Crippen molar-refractivity contribution >= 4 is 40.6 Å². The first-order valence-corrected chi connectivity index (χ1v) is 6.78. The van der Waals surface area contributed by atoms with E-state index in [9.17, 15) is 4.79 Å². The molecule has 7 heteroatoms. The summed E-state index contributed by atoms with van der Waals surface area (Å²) in [5.41, 5.74) is 0.922. The Labute approximate surface area is 132 Å². The van der Waals surface area contributed by atoms with Gasteiger partial charge >= 0.3 is 0 Å². The van der Waals surface area contributed by atoms with Crippen molar-refractivity contribution in [3.63, 3.8) is 0 Å². The van der Waals surface area contributed by atoms with E-state index < -0.39 is 0 Å². The lowest BCUT2D eigenvalue weighted by Gasteiger charge is -2.08. The maximum Gasteiger partial charge on any atom is 0.270 e. The van der Waals surface area contributed by atoms with Gasteiger partial charge in [0.05, 0.1) is 0 Å². The number of rotatable bonds is 5. The Bertz CT molecular complexity index is 656. The second-order valence-electron chi connectivity index (χ2n) is 4.07. The highest BCUT2D eigenvalue weighted by Crippen LogP contribution is 2.24. The van der Waals surface area contributed by atoms with Gasteiger partial charge in [-0.1, -0.05) is 29.3 Å². The van der Waals surface area contributed by atoms with Crippen molar-refractivity contribution in [1.29, 1.82) is 0 Å². The Balaban J connectivity index is 2.17. The third kappa shape index (κ3) is 4.44. The summed E-state index contributed by atoms with van der Waals surface area (Å²) in [6.07, 6.45) is 2.89. The number of nitrogens with one attached hydrogen (secondary N) is 2. The normalized spacial score (nSPS) is 10.0. The molecule has 0 spiro atoms. The van der Waals surface area contributed by atoms with E-state index in [1.165, 1.54) is 12.4 Å². The number of halogens is 2. The number of carbonyl (C=O) groups is 1. The second kappa shape index (κ2) is 7.06. The summed E-state index contributed by atoms with van der Waals surface area (Å²) in [7, 11) is 0. The van der Waals surface area contributed by atoms with Crippen LogP contribution in [0.1, 0.15) is 10.5 Å². The highest BCUT2D eigenvalue weighted by atomic mass is 35.5. The van der Waals surface area contributed by atoms with E-state index in [1.807, 2.05) is 0 Å². The van der Waals surface area contributed by atoms with Crippen LogP contribution < -0.4 is 10.6 Å². The molecule has 21 heavy (non-hydrogen) atoms. The summed E-state index contributed by atoms with van der Waals surface area (Å²) < 4.78 is 0. The molecule has 1 amide bonds. The standard InChI is InChI=1S/C14H12Cl2N4O/c1-2-3-17-14(21)12-7-13(19-8-18-12)20-11-5-9(15)4-10(16)6-11/h2,4-8H,1,3H2,(H,17,21)(H,18,19,20). The van der Waals surface area contributed by atoms with Crippen LogP contribution in [0.15, 0.2) is 43.2 Å². The predicted octanol–water partition coefficient (Wildman–Crippen LogP) is 3.44. The number of amides is 1. The van der Waals surface area contributed by atoms with Crippen LogP contribution in [0.5, 0.6) is 0 Å². The van der Waals surface area contributed by atoms with E-state index in [0.717, 1.165) is 0 Å². The Hall–Kier alpha value is -2.11. The van der Waals surface area contributed by atoms with Crippen LogP contribution in [-0.2, 0) is 0 Å². The van der Waals surface area contributed by atoms with Gasteiger partial charge in [0.1, 0.15) is 17.8 Å². The zero-order valence-electron chi connectivity index (χ0n) is 10.9. The Morgan fingerprint density at radius 3 is 2.57 bits per heavy atom. The number of hydrogen-bond acceptors (Lipinski definition) is 4. The third-order valence-electron chi connectivity index (χ3n) is 2.44. The van der Waals surface area contributed by atoms with Gasteiger partial charge in [-0.25, -0.2) is 9.97 Å². The lowest BCUT2D eigenvalue weighted by Crippen LogP contribution is -2.24. The zero-order valence-corrected chi connectivity index (χ0v) is 12.4. The minimum Gasteiger partial charge on any atom is -0.347 e. The number of hydrogen-bond donors (Lipinski definition) is 2. The second-order valence-corrected chi connectivity index (χ2v) is 4.94. The topological polar surface area (TPSA) is 66.9 Å². The van der Waals surface area contributed by atoms with Crippen LogP contribution in [0.2, 0.25) is 10.0 Å². The van der Waals surface area contributed by atoms with Gasteiger partial charge in [0.15, 0.2) is 0 Å². The molecule has 0 saturated carbocycles. The van der Waals surface area contributed by atoms with Gasteiger partial charge in [-0.2, -0.15) is 0 Å². The average Bonchev–Trinajstić information content (AvgIpc) is 2.44. The van der Waals surface area contributed by atoms with Crippen molar-refractivity contribution < 1.29 is 4.79 Å². The fourth-order valence-corrected chi connectivity index (χ4v) is 2.11. The zero-order chi connectivity index (χ0) is 15.2. The van der Waals surface area contributed by atoms with E-state index in [-0.39, 0.29) is 11.6 Å². The summed E-state index contributed by atoms with van der Waals surface area (Å²) >= 11 is 11.8. The SMILES string of the molecule is C=CCNC(=O)c1cc(Nc2cc(Cl)cc(Cl)c2)ncn1. The Kier molecular flexibility index (Phi) is 5.14. The molecule has 0 aliphatic carbocycles. The third-order valence-corrected chi connectivity index (χ3v) is 2.88. The van der Waals surface area contributed by atoms with Gasteiger partial charge in [0.2, 0.25) is 0 Å². The summed E-state index contributed by atoms with van der Waals surface area (Å²) in [4.78, 5) is 19.8. The van der Waals surface area contributed by atoms with Crippen LogP contribution in [0.25, 0.3) is 0 Å². The van der Waals surface area contributed by atoms with Crippen LogP contribution in [0.3, 0.4) is 0 Å². The largest absolute Gasteiger partial charge is 0.347 e. The number of aromatic nitrogens is 2. The first-order valence-electron chi connectivity index (χ1n) is 6.03. The van der Waals surface area contributed by atoms with Crippen LogP contribution in [0, 0.1) is 0 Å². The summed E-state index contributed by atoms with van der Waals surface area (Å²) in [5.74, 6) is 0.163. The molecule has 2 aromatic rings. The number of benzene rings is 1. The molecular weight excluding hydrogens is 311 g/mol. The van der Waals surface area contributed by atoms with Crippen LogP contribution in [-0.4, -0.2) is 22.4 Å². The van der Waals surface area contributed by atoms with Gasteiger partial charge in [0, 0.05) is 28.3 Å². The Morgan fingerprint density at radius 2 is 1.90 bits per heavy atom. The van der Waals surface area contributed by atoms with Gasteiger partial charge < -0.3 is 10.6 Å². The van der Waals surface area contributed by atoms with Crippen molar-refractivity contribution in [1.82, 2.24) is 15.3 Å². The first kappa shape index (κ1) is 15.3. The molecule has 1 aromatic heterocycles. The summed E-state index contributed by atoms with van der Waals surface area (Å²) in [6, 6.07) is 6.57. The molecule has 0 atom stereocenters. The average molecular weight is 323 g/mol. The lowest BCUT2D eigenvalue weighted by atomic mass is 10.3. The van der Waals surface area contributed by atoms with Gasteiger partial charge in [-0.05, 0) is 18.2 Å². The molecule has 108 valence electrons. The van der Waals surface area contributed by atoms with Crippen molar-refractivity contribution in [3.05, 3.63) is 59.0 Å². The number of anilines is 2. The molecule has 0 radical (unpaired) electrons. The minimum absolute atomic E-state index is 0.252. The van der Waals surface area contributed by atoms with Crippen molar-refractivity contribution in [2.45, 2.75) is 0 Å². The highest BCUT2D eigenvalue weighted by Gasteiger charge is 2.08. The molecule has 2 N–H and O–H groups in total. The number of carbonyl (C=O) groups excluding carboxylic acids is 1. The molecule has 1 aromatic carbocycles. The van der Waals surface area contributed by atoms with Crippen molar-refractivity contribution in [2.24, 2.45) is 0 Å². The predicted molar refractivity (Wildman–Crippen MR) is 84.3 cm³/mol. The van der Waals surface area contributed by atoms with Gasteiger partial charge in [0.25, 0.3) is 5.91 Å². The van der Waals surface area contributed by atoms with E-state index in [1.54, 1.807) is 24.3 Å². The number of nitrogens with zero attached hydrogens (tertiary/aromatic N) is 2. The summed E-state index contributed by atoms with van der Waals surface area (Å²) in [6.45, 7) is 3.90. The summed E-state index contributed by atoms with van der Waals surface area (Å²) in [5, 5.41) is 6.66. The van der Waals surface area contributed by atoms with Crippen molar-refractivity contribution in [3.8, 4) is 0 Å². The molecule has 1 heterocycles. The monoisotopic (exact) mass is 322 g/mol. The fraction of sp³-hybridized carbons (Fsp3) is 0.0714. The molecule has 0 aliphatic rings. The van der Waals surface area contributed by atoms with Gasteiger partial charge in [-0.3, -0.25) is 4.79 Å². The maximum atomic E-state index is 11.8. The molecule has 0 aliphatic heterocycles. The molecule has 0 bridgehead atoms. The quantitative estimate of drug-likeness (QED) is 0.827. The fourth-order valence-electron chi connectivity index (χ4n) is 1.58. The van der Waals surface area contributed by atoms with E-state index in [2.05, 4.69) is 27.2 Å². The molecule has 0 saturated heterocycles.